The molecule has 126 valence electrons. The molecule has 2 heteroatoms. The number of hydrogen-bond donors (Lipinski definition) is 0. The molecule has 1 aromatic carbocycles. The first-order valence-corrected chi connectivity index (χ1v) is 9.40. The zero-order chi connectivity index (χ0) is 16.4. The molecule has 4 unspecified atom stereocenters. The van der Waals surface area contributed by atoms with Gasteiger partial charge in [-0.1, -0.05) is 45.7 Å². The van der Waals surface area contributed by atoms with E-state index in [0.29, 0.717) is 17.8 Å². The molecule has 0 spiro atoms. The van der Waals surface area contributed by atoms with Crippen molar-refractivity contribution in [3.63, 3.8) is 0 Å². The molecule has 4 atom stereocenters. The largest absolute Gasteiger partial charge is 0.426 e. The summed E-state index contributed by atoms with van der Waals surface area (Å²) < 4.78 is 5.76. The summed E-state index contributed by atoms with van der Waals surface area (Å²) in [5.74, 6) is 3.39. The Bertz CT molecular complexity index is 549. The summed E-state index contributed by atoms with van der Waals surface area (Å²) in [5.41, 5.74) is 1.31. The summed E-state index contributed by atoms with van der Waals surface area (Å²) in [7, 11) is 0. The first-order chi connectivity index (χ1) is 11.1. The molecule has 1 aromatic rings. The van der Waals surface area contributed by atoms with Crippen LogP contribution >= 0.6 is 0 Å². The maximum Gasteiger partial charge on any atom is 0.314 e. The number of fused-ring (bicyclic) bond motifs is 2. The number of esters is 1. The lowest BCUT2D eigenvalue weighted by Gasteiger charge is -2.22. The fraction of sp³-hybridized carbons (Fsp3) is 0.667. The van der Waals surface area contributed by atoms with Gasteiger partial charge >= 0.3 is 5.97 Å². The van der Waals surface area contributed by atoms with E-state index in [4.69, 9.17) is 4.74 Å². The molecule has 23 heavy (non-hydrogen) atoms. The van der Waals surface area contributed by atoms with Gasteiger partial charge in [-0.15, -0.1) is 0 Å². The van der Waals surface area contributed by atoms with Gasteiger partial charge in [-0.05, 0) is 67.1 Å². The Labute approximate surface area is 140 Å². The predicted molar refractivity (Wildman–Crippen MR) is 93.5 cm³/mol. The van der Waals surface area contributed by atoms with Crippen molar-refractivity contribution in [2.45, 2.75) is 65.2 Å². The molecular formula is C21H30O2. The Hall–Kier alpha value is -1.31. The summed E-state index contributed by atoms with van der Waals surface area (Å²) in [6.07, 6.45) is 7.19. The van der Waals surface area contributed by atoms with Crippen LogP contribution in [0.15, 0.2) is 24.3 Å². The quantitative estimate of drug-likeness (QED) is 0.507. The molecule has 0 saturated heterocycles. The zero-order valence-corrected chi connectivity index (χ0v) is 14.8. The van der Waals surface area contributed by atoms with E-state index in [1.165, 1.54) is 37.7 Å². The molecule has 3 rings (SSSR count). The second-order valence-corrected chi connectivity index (χ2v) is 7.91. The SMILES string of the molecule is CCCC(c1cccc(OC(=O)C2CC3CCC2C3)c1)C(C)C. The van der Waals surface area contributed by atoms with E-state index >= 15 is 0 Å². The Balaban J connectivity index is 1.68. The van der Waals surface area contributed by atoms with Crippen molar-refractivity contribution in [1.82, 2.24) is 0 Å². The van der Waals surface area contributed by atoms with Gasteiger partial charge in [-0.25, -0.2) is 0 Å². The van der Waals surface area contributed by atoms with Crippen molar-refractivity contribution < 1.29 is 9.53 Å². The zero-order valence-electron chi connectivity index (χ0n) is 14.8. The van der Waals surface area contributed by atoms with E-state index in [0.717, 1.165) is 18.1 Å². The molecular weight excluding hydrogens is 284 g/mol. The number of carbonyl (C=O) groups is 1. The smallest absolute Gasteiger partial charge is 0.314 e. The Morgan fingerprint density at radius 2 is 2.09 bits per heavy atom. The highest BCUT2D eigenvalue weighted by Crippen LogP contribution is 2.48. The maximum absolute atomic E-state index is 12.5. The fourth-order valence-corrected chi connectivity index (χ4v) is 4.73. The van der Waals surface area contributed by atoms with Gasteiger partial charge in [0, 0.05) is 0 Å². The van der Waals surface area contributed by atoms with E-state index in [2.05, 4.69) is 32.9 Å². The van der Waals surface area contributed by atoms with Gasteiger partial charge in [0.2, 0.25) is 0 Å². The third-order valence-electron chi connectivity index (χ3n) is 5.95. The van der Waals surface area contributed by atoms with E-state index in [9.17, 15) is 4.79 Å². The monoisotopic (exact) mass is 314 g/mol. The van der Waals surface area contributed by atoms with Gasteiger partial charge in [-0.3, -0.25) is 4.79 Å². The molecule has 0 heterocycles. The van der Waals surface area contributed by atoms with Crippen molar-refractivity contribution in [3.8, 4) is 5.75 Å². The van der Waals surface area contributed by atoms with Gasteiger partial charge in [0.25, 0.3) is 0 Å². The molecule has 2 aliphatic rings. The van der Waals surface area contributed by atoms with E-state index in [1.807, 2.05) is 12.1 Å². The Kier molecular flexibility index (Phi) is 5.08. The molecule has 0 radical (unpaired) electrons. The molecule has 2 nitrogen and oxygen atoms in total. The molecule has 2 bridgehead atoms. The molecule has 0 N–H and O–H groups in total. The van der Waals surface area contributed by atoms with Crippen LogP contribution in [-0.4, -0.2) is 5.97 Å². The number of hydrogen-bond acceptors (Lipinski definition) is 2. The van der Waals surface area contributed by atoms with Crippen LogP contribution in [0.4, 0.5) is 0 Å². The molecule has 0 amide bonds. The second kappa shape index (κ2) is 7.07. The number of carbonyl (C=O) groups excluding carboxylic acids is 1. The average molecular weight is 314 g/mol. The normalized spacial score (nSPS) is 27.4. The lowest BCUT2D eigenvalue weighted by atomic mass is 9.85. The molecule has 0 aliphatic heterocycles. The lowest BCUT2D eigenvalue weighted by molar-refractivity contribution is -0.140. The van der Waals surface area contributed by atoms with Crippen LogP contribution in [0.3, 0.4) is 0 Å². The summed E-state index contributed by atoms with van der Waals surface area (Å²) in [5, 5.41) is 0. The topological polar surface area (TPSA) is 26.3 Å². The van der Waals surface area contributed by atoms with Crippen LogP contribution in [0, 0.1) is 23.7 Å². The highest BCUT2D eigenvalue weighted by molar-refractivity contribution is 5.76. The van der Waals surface area contributed by atoms with Crippen LogP contribution in [0.5, 0.6) is 5.75 Å². The maximum atomic E-state index is 12.5. The molecule has 0 aromatic heterocycles. The van der Waals surface area contributed by atoms with Crippen LogP contribution in [0.25, 0.3) is 0 Å². The van der Waals surface area contributed by atoms with Crippen LogP contribution < -0.4 is 4.74 Å². The summed E-state index contributed by atoms with van der Waals surface area (Å²) in [6.45, 7) is 6.77. The standard InChI is InChI=1S/C21H30O2/c1-4-6-19(14(2)3)16-7-5-8-18(13-16)23-21(22)20-12-15-9-10-17(20)11-15/h5,7-8,13-15,17,19-20H,4,6,9-12H2,1-3H3. The lowest BCUT2D eigenvalue weighted by Crippen LogP contribution is -2.25. The van der Waals surface area contributed by atoms with Crippen molar-refractivity contribution in [2.75, 3.05) is 0 Å². The Morgan fingerprint density at radius 3 is 2.70 bits per heavy atom. The van der Waals surface area contributed by atoms with Gasteiger partial charge in [0.15, 0.2) is 0 Å². The molecule has 2 saturated carbocycles. The third kappa shape index (κ3) is 3.62. The average Bonchev–Trinajstić information content (AvgIpc) is 3.15. The first-order valence-electron chi connectivity index (χ1n) is 9.40. The molecule has 2 fully saturated rings. The summed E-state index contributed by atoms with van der Waals surface area (Å²) in [4.78, 5) is 12.5. The summed E-state index contributed by atoms with van der Waals surface area (Å²) in [6, 6.07) is 8.22. The Morgan fingerprint density at radius 1 is 1.26 bits per heavy atom. The van der Waals surface area contributed by atoms with E-state index in [-0.39, 0.29) is 11.9 Å². The van der Waals surface area contributed by atoms with Gasteiger partial charge in [-0.2, -0.15) is 0 Å². The van der Waals surface area contributed by atoms with Crippen LogP contribution in [-0.2, 0) is 4.79 Å². The summed E-state index contributed by atoms with van der Waals surface area (Å²) >= 11 is 0. The minimum absolute atomic E-state index is 0.00550. The highest BCUT2D eigenvalue weighted by Gasteiger charge is 2.44. The van der Waals surface area contributed by atoms with Gasteiger partial charge in [0.1, 0.15) is 5.75 Å². The van der Waals surface area contributed by atoms with Crippen molar-refractivity contribution in [3.05, 3.63) is 29.8 Å². The fourth-order valence-electron chi connectivity index (χ4n) is 4.73. The van der Waals surface area contributed by atoms with Crippen molar-refractivity contribution in [1.29, 1.82) is 0 Å². The number of rotatable bonds is 6. The van der Waals surface area contributed by atoms with Crippen LogP contribution in [0.2, 0.25) is 0 Å². The number of ether oxygens (including phenoxy) is 1. The third-order valence-corrected chi connectivity index (χ3v) is 5.95. The molecule has 2 aliphatic carbocycles. The highest BCUT2D eigenvalue weighted by atomic mass is 16.5. The van der Waals surface area contributed by atoms with Gasteiger partial charge in [0.05, 0.1) is 5.92 Å². The predicted octanol–water partition coefficient (Wildman–Crippen LogP) is 5.57. The van der Waals surface area contributed by atoms with Crippen molar-refractivity contribution in [2.24, 2.45) is 23.7 Å². The van der Waals surface area contributed by atoms with E-state index < -0.39 is 0 Å². The minimum Gasteiger partial charge on any atom is -0.426 e. The minimum atomic E-state index is 0.00550. The first kappa shape index (κ1) is 16.5. The van der Waals surface area contributed by atoms with Gasteiger partial charge < -0.3 is 4.74 Å². The second-order valence-electron chi connectivity index (χ2n) is 7.91. The van der Waals surface area contributed by atoms with Crippen LogP contribution in [0.1, 0.15) is 70.8 Å². The van der Waals surface area contributed by atoms with E-state index in [1.54, 1.807) is 0 Å². The number of benzene rings is 1. The van der Waals surface area contributed by atoms with Crippen molar-refractivity contribution >= 4 is 5.97 Å².